The highest BCUT2D eigenvalue weighted by molar-refractivity contribution is 6.15. The fourth-order valence-corrected chi connectivity index (χ4v) is 6.81. The Labute approximate surface area is 250 Å². The third-order valence-electron chi connectivity index (χ3n) is 9.09. The number of hydrogen-bond acceptors (Lipinski definition) is 2. The van der Waals surface area contributed by atoms with E-state index in [1.165, 1.54) is 93.7 Å². The molecule has 0 N–H and O–H groups in total. The molecule has 0 spiro atoms. The van der Waals surface area contributed by atoms with Gasteiger partial charge in [-0.3, -0.25) is 0 Å². The number of nitrogens with zero attached hydrogens (tertiary/aromatic N) is 2. The summed E-state index contributed by atoms with van der Waals surface area (Å²) in [6.07, 6.45) is 17.1. The minimum atomic E-state index is 1.15. The Balaban J connectivity index is 1.47. The second-order valence-electron chi connectivity index (χ2n) is 11.9. The van der Waals surface area contributed by atoms with Crippen molar-refractivity contribution in [2.45, 2.75) is 38.5 Å². The van der Waals surface area contributed by atoms with Crippen molar-refractivity contribution in [3.8, 4) is 0 Å². The van der Waals surface area contributed by atoms with E-state index in [0.29, 0.717) is 0 Å². The van der Waals surface area contributed by atoms with Crippen LogP contribution in [0.15, 0.2) is 97.1 Å². The van der Waals surface area contributed by atoms with Gasteiger partial charge in [0.15, 0.2) is 0 Å². The Morgan fingerprint density at radius 2 is 0.786 bits per heavy atom. The molecule has 0 aliphatic carbocycles. The van der Waals surface area contributed by atoms with Gasteiger partial charge in [-0.15, -0.1) is 0 Å². The summed E-state index contributed by atoms with van der Waals surface area (Å²) in [7, 11) is 0. The summed E-state index contributed by atoms with van der Waals surface area (Å²) >= 11 is 0. The second kappa shape index (κ2) is 12.3. The average Bonchev–Trinajstić information content (AvgIpc) is 3.07. The van der Waals surface area contributed by atoms with Crippen molar-refractivity contribution in [1.29, 1.82) is 0 Å². The van der Waals surface area contributed by atoms with E-state index in [4.69, 9.17) is 0 Å². The van der Waals surface area contributed by atoms with Gasteiger partial charge in [-0.05, 0) is 107 Å². The summed E-state index contributed by atoms with van der Waals surface area (Å²) in [6.45, 7) is 4.59. The third kappa shape index (κ3) is 5.59. The predicted octanol–water partition coefficient (Wildman–Crippen LogP) is 10.3. The van der Waals surface area contributed by atoms with E-state index in [0.717, 1.165) is 26.2 Å². The molecule has 2 heterocycles. The first-order valence-electron chi connectivity index (χ1n) is 15.8. The summed E-state index contributed by atoms with van der Waals surface area (Å²) in [5, 5.41) is 5.30. The lowest BCUT2D eigenvalue weighted by molar-refractivity contribution is 0.578. The molecule has 0 saturated carbocycles. The number of rotatable bonds is 6. The highest BCUT2D eigenvalue weighted by Gasteiger charge is 2.18. The van der Waals surface area contributed by atoms with E-state index in [9.17, 15) is 0 Å². The molecule has 0 amide bonds. The first kappa shape index (κ1) is 26.6. The van der Waals surface area contributed by atoms with Crippen LogP contribution < -0.4 is 9.80 Å². The van der Waals surface area contributed by atoms with Crippen molar-refractivity contribution in [3.05, 3.63) is 119 Å². The normalized spacial score (nSPS) is 16.3. The Morgan fingerprint density at radius 3 is 1.19 bits per heavy atom. The van der Waals surface area contributed by atoms with E-state index in [2.05, 4.69) is 131 Å². The Morgan fingerprint density at radius 1 is 0.381 bits per heavy atom. The van der Waals surface area contributed by atoms with E-state index in [-0.39, 0.29) is 0 Å². The molecule has 210 valence electrons. The SMILES string of the molecule is C(=C\c1c2ccc(N3CCCCC3)cc2c(/C=C/c2ccccc2)c2ccc(N3CCCCC3)cc12)/c1ccccc1. The molecule has 42 heavy (non-hydrogen) atoms. The summed E-state index contributed by atoms with van der Waals surface area (Å²) in [4.78, 5) is 5.16. The molecule has 2 aliphatic rings. The van der Waals surface area contributed by atoms with Crippen molar-refractivity contribution in [3.63, 3.8) is 0 Å². The van der Waals surface area contributed by atoms with Crippen LogP contribution in [0.3, 0.4) is 0 Å². The lowest BCUT2D eigenvalue weighted by atomic mass is 9.89. The van der Waals surface area contributed by atoms with Crippen LogP contribution in [0.4, 0.5) is 11.4 Å². The van der Waals surface area contributed by atoms with Gasteiger partial charge in [0.2, 0.25) is 0 Å². The maximum absolute atomic E-state index is 2.58. The summed E-state index contributed by atoms with van der Waals surface area (Å²) in [6, 6.07) is 35.8. The van der Waals surface area contributed by atoms with Crippen molar-refractivity contribution in [2.24, 2.45) is 0 Å². The van der Waals surface area contributed by atoms with E-state index >= 15 is 0 Å². The highest BCUT2D eigenvalue weighted by Crippen LogP contribution is 2.39. The van der Waals surface area contributed by atoms with Crippen LogP contribution in [-0.2, 0) is 0 Å². The van der Waals surface area contributed by atoms with Gasteiger partial charge >= 0.3 is 0 Å². The number of benzene rings is 5. The monoisotopic (exact) mass is 548 g/mol. The number of piperidine rings is 2. The Kier molecular flexibility index (Phi) is 7.78. The molecular weight excluding hydrogens is 508 g/mol. The van der Waals surface area contributed by atoms with Gasteiger partial charge in [-0.25, -0.2) is 0 Å². The minimum Gasteiger partial charge on any atom is -0.372 e. The van der Waals surface area contributed by atoms with Crippen LogP contribution in [0.1, 0.15) is 60.8 Å². The molecule has 5 aromatic carbocycles. The third-order valence-corrected chi connectivity index (χ3v) is 9.09. The van der Waals surface area contributed by atoms with Gasteiger partial charge in [0.05, 0.1) is 0 Å². The van der Waals surface area contributed by atoms with Crippen molar-refractivity contribution in [2.75, 3.05) is 36.0 Å². The van der Waals surface area contributed by atoms with Crippen LogP contribution in [0, 0.1) is 0 Å². The summed E-state index contributed by atoms with van der Waals surface area (Å²) in [5.41, 5.74) is 7.76. The molecular formula is C40H40N2. The fraction of sp³-hybridized carbons (Fsp3) is 0.250. The van der Waals surface area contributed by atoms with Gasteiger partial charge in [0.25, 0.3) is 0 Å². The van der Waals surface area contributed by atoms with Gasteiger partial charge in [-0.2, -0.15) is 0 Å². The number of fused-ring (bicyclic) bond motifs is 2. The molecule has 0 bridgehead atoms. The van der Waals surface area contributed by atoms with Crippen molar-refractivity contribution in [1.82, 2.24) is 0 Å². The second-order valence-corrected chi connectivity index (χ2v) is 11.9. The predicted molar refractivity (Wildman–Crippen MR) is 184 cm³/mol. The zero-order valence-corrected chi connectivity index (χ0v) is 24.5. The lowest BCUT2D eigenvalue weighted by Gasteiger charge is -2.30. The lowest BCUT2D eigenvalue weighted by Crippen LogP contribution is -2.29. The van der Waals surface area contributed by atoms with Crippen LogP contribution >= 0.6 is 0 Å². The van der Waals surface area contributed by atoms with Gasteiger partial charge in [0.1, 0.15) is 0 Å². The van der Waals surface area contributed by atoms with E-state index < -0.39 is 0 Å². The van der Waals surface area contributed by atoms with Crippen LogP contribution in [0.2, 0.25) is 0 Å². The Bertz CT molecular complexity index is 1590. The molecule has 2 saturated heterocycles. The summed E-state index contributed by atoms with van der Waals surface area (Å²) in [5.74, 6) is 0. The molecule has 0 radical (unpaired) electrons. The quantitative estimate of drug-likeness (QED) is 0.154. The molecule has 0 atom stereocenters. The minimum absolute atomic E-state index is 1.15. The molecule has 2 heteroatoms. The van der Waals surface area contributed by atoms with Gasteiger partial charge in [0, 0.05) is 37.6 Å². The first-order chi connectivity index (χ1) is 20.8. The van der Waals surface area contributed by atoms with Crippen LogP contribution in [0.5, 0.6) is 0 Å². The average molecular weight is 549 g/mol. The summed E-state index contributed by atoms with van der Waals surface area (Å²) < 4.78 is 0. The fourth-order valence-electron chi connectivity index (χ4n) is 6.81. The van der Waals surface area contributed by atoms with Gasteiger partial charge < -0.3 is 9.80 Å². The molecule has 5 aromatic rings. The maximum Gasteiger partial charge on any atom is 0.0372 e. The zero-order valence-electron chi connectivity index (χ0n) is 24.5. The van der Waals surface area contributed by atoms with Crippen LogP contribution in [0.25, 0.3) is 45.8 Å². The first-order valence-corrected chi connectivity index (χ1v) is 15.8. The molecule has 2 fully saturated rings. The maximum atomic E-state index is 2.58. The van der Waals surface area contributed by atoms with E-state index in [1.54, 1.807) is 0 Å². The largest absolute Gasteiger partial charge is 0.372 e. The zero-order chi connectivity index (χ0) is 28.1. The molecule has 0 unspecified atom stereocenters. The topological polar surface area (TPSA) is 6.48 Å². The smallest absolute Gasteiger partial charge is 0.0372 e. The van der Waals surface area contributed by atoms with E-state index in [1.807, 2.05) is 0 Å². The molecule has 2 nitrogen and oxygen atoms in total. The molecule has 0 aromatic heterocycles. The molecule has 2 aliphatic heterocycles. The van der Waals surface area contributed by atoms with Crippen molar-refractivity contribution >= 4 is 57.2 Å². The molecule has 7 rings (SSSR count). The van der Waals surface area contributed by atoms with Crippen molar-refractivity contribution < 1.29 is 0 Å². The number of hydrogen-bond donors (Lipinski definition) is 0. The van der Waals surface area contributed by atoms with Crippen LogP contribution in [-0.4, -0.2) is 26.2 Å². The standard InChI is InChI=1S/C40H40N2/c1-5-13-31(14-6-1)17-21-35-37-23-19-34(42-27-11-4-12-28-42)30-40(37)36(22-18-32-15-7-2-8-16-32)38-24-20-33(29-39(35)38)41-25-9-3-10-26-41/h1-2,5-8,13-24,29-30H,3-4,9-12,25-28H2/b21-17+,22-18+. The Hall–Kier alpha value is -4.30. The highest BCUT2D eigenvalue weighted by atomic mass is 15.1. The number of anilines is 2. The van der Waals surface area contributed by atoms with Gasteiger partial charge in [-0.1, -0.05) is 97.1 Å².